The van der Waals surface area contributed by atoms with E-state index >= 15 is 0 Å². The van der Waals surface area contributed by atoms with Crippen LogP contribution in [-0.4, -0.2) is 16.1 Å². The number of anilines is 1. The number of hydrogen-bond donors (Lipinski definition) is 2. The van der Waals surface area contributed by atoms with Crippen LogP contribution in [0.2, 0.25) is 0 Å². The van der Waals surface area contributed by atoms with E-state index in [0.29, 0.717) is 11.7 Å². The number of nitrogens with zero attached hydrogens (tertiary/aromatic N) is 1. The van der Waals surface area contributed by atoms with E-state index in [1.165, 1.54) is 6.92 Å². The average Bonchev–Trinajstić information content (AvgIpc) is 2.34. The fourth-order valence-electron chi connectivity index (χ4n) is 0.877. The van der Waals surface area contributed by atoms with Gasteiger partial charge in [-0.15, -0.1) is 0 Å². The lowest BCUT2D eigenvalue weighted by atomic mass is 10.1. The normalized spacial score (nSPS) is 10.3. The third kappa shape index (κ3) is 2.08. The molecule has 0 aliphatic rings. The highest BCUT2D eigenvalue weighted by Gasteiger charge is 2.04. The number of aromatic nitrogens is 2. The molecule has 0 saturated heterocycles. The lowest BCUT2D eigenvalue weighted by Gasteiger charge is -1.96. The molecule has 1 aromatic rings. The molecule has 0 aliphatic heterocycles. The second-order valence-corrected chi connectivity index (χ2v) is 3.04. The van der Waals surface area contributed by atoms with Gasteiger partial charge in [0.2, 0.25) is 5.91 Å². The molecule has 4 heteroatoms. The predicted molar refractivity (Wildman–Crippen MR) is 47.0 cm³/mol. The quantitative estimate of drug-likeness (QED) is 0.701. The number of nitrogens with one attached hydrogen (secondary N) is 2. The SMILES string of the molecule is CC(=O)Nc1cc(C(C)C)[nH]n1. The van der Waals surface area contributed by atoms with Gasteiger partial charge in [-0.1, -0.05) is 13.8 Å². The molecule has 12 heavy (non-hydrogen) atoms. The number of rotatable bonds is 2. The Morgan fingerprint density at radius 1 is 1.67 bits per heavy atom. The summed E-state index contributed by atoms with van der Waals surface area (Å²) in [7, 11) is 0. The van der Waals surface area contributed by atoms with Gasteiger partial charge in [0.15, 0.2) is 5.82 Å². The molecule has 66 valence electrons. The van der Waals surface area contributed by atoms with Gasteiger partial charge in [-0.25, -0.2) is 0 Å². The molecular formula is C8H13N3O. The maximum absolute atomic E-state index is 10.6. The van der Waals surface area contributed by atoms with Crippen LogP contribution in [0.4, 0.5) is 5.82 Å². The molecule has 0 atom stereocenters. The van der Waals surface area contributed by atoms with E-state index in [-0.39, 0.29) is 5.91 Å². The third-order valence-corrected chi connectivity index (χ3v) is 1.52. The highest BCUT2D eigenvalue weighted by atomic mass is 16.1. The van der Waals surface area contributed by atoms with Crippen LogP contribution < -0.4 is 5.32 Å². The summed E-state index contributed by atoms with van der Waals surface area (Å²) in [6.45, 7) is 5.58. The van der Waals surface area contributed by atoms with E-state index in [1.54, 1.807) is 0 Å². The smallest absolute Gasteiger partial charge is 0.222 e. The van der Waals surface area contributed by atoms with Crippen molar-refractivity contribution in [2.45, 2.75) is 26.7 Å². The minimum atomic E-state index is -0.100. The first-order valence-electron chi connectivity index (χ1n) is 3.92. The molecule has 1 heterocycles. The van der Waals surface area contributed by atoms with Gasteiger partial charge in [-0.05, 0) is 5.92 Å². The summed E-state index contributed by atoms with van der Waals surface area (Å²) in [6.07, 6.45) is 0. The van der Waals surface area contributed by atoms with Crippen molar-refractivity contribution in [2.75, 3.05) is 5.32 Å². The third-order valence-electron chi connectivity index (χ3n) is 1.52. The summed E-state index contributed by atoms with van der Waals surface area (Å²) in [4.78, 5) is 10.6. The molecule has 0 radical (unpaired) electrons. The van der Waals surface area contributed by atoms with Crippen LogP contribution in [0.25, 0.3) is 0 Å². The number of hydrogen-bond acceptors (Lipinski definition) is 2. The second-order valence-electron chi connectivity index (χ2n) is 3.04. The largest absolute Gasteiger partial charge is 0.309 e. The Morgan fingerprint density at radius 2 is 2.33 bits per heavy atom. The Hall–Kier alpha value is -1.32. The molecule has 1 rings (SSSR count). The molecule has 0 bridgehead atoms. The zero-order valence-corrected chi connectivity index (χ0v) is 7.51. The zero-order chi connectivity index (χ0) is 9.14. The molecule has 0 aromatic carbocycles. The minimum Gasteiger partial charge on any atom is -0.309 e. The summed E-state index contributed by atoms with van der Waals surface area (Å²) < 4.78 is 0. The van der Waals surface area contributed by atoms with E-state index in [9.17, 15) is 4.79 Å². The number of H-pyrrole nitrogens is 1. The van der Waals surface area contributed by atoms with E-state index in [1.807, 2.05) is 6.07 Å². The maximum Gasteiger partial charge on any atom is 0.222 e. The van der Waals surface area contributed by atoms with Crippen molar-refractivity contribution in [3.05, 3.63) is 11.8 Å². The van der Waals surface area contributed by atoms with Crippen LogP contribution in [0.5, 0.6) is 0 Å². The first kappa shape index (κ1) is 8.77. The van der Waals surface area contributed by atoms with Crippen LogP contribution in [0.1, 0.15) is 32.4 Å². The Kier molecular flexibility index (Phi) is 2.47. The maximum atomic E-state index is 10.6. The van der Waals surface area contributed by atoms with Crippen molar-refractivity contribution in [2.24, 2.45) is 0 Å². The number of amides is 1. The van der Waals surface area contributed by atoms with Crippen LogP contribution in [0, 0.1) is 0 Å². The van der Waals surface area contributed by atoms with Gasteiger partial charge in [0.05, 0.1) is 0 Å². The highest BCUT2D eigenvalue weighted by Crippen LogP contribution is 2.14. The molecular weight excluding hydrogens is 154 g/mol. The van der Waals surface area contributed by atoms with Gasteiger partial charge >= 0.3 is 0 Å². The Bertz CT molecular complexity index is 278. The van der Waals surface area contributed by atoms with Gasteiger partial charge in [-0.2, -0.15) is 5.10 Å². The van der Waals surface area contributed by atoms with Gasteiger partial charge in [0.25, 0.3) is 0 Å². The first-order valence-corrected chi connectivity index (χ1v) is 3.92. The van der Waals surface area contributed by atoms with E-state index in [2.05, 4.69) is 29.4 Å². The molecule has 2 N–H and O–H groups in total. The lowest BCUT2D eigenvalue weighted by Crippen LogP contribution is -2.05. The van der Waals surface area contributed by atoms with E-state index < -0.39 is 0 Å². The fraction of sp³-hybridized carbons (Fsp3) is 0.500. The van der Waals surface area contributed by atoms with Crippen LogP contribution >= 0.6 is 0 Å². The van der Waals surface area contributed by atoms with Crippen molar-refractivity contribution in [1.82, 2.24) is 10.2 Å². The van der Waals surface area contributed by atoms with Gasteiger partial charge in [-0.3, -0.25) is 9.89 Å². The van der Waals surface area contributed by atoms with Crippen molar-refractivity contribution in [3.8, 4) is 0 Å². The predicted octanol–water partition coefficient (Wildman–Crippen LogP) is 1.49. The average molecular weight is 167 g/mol. The molecule has 0 spiro atoms. The van der Waals surface area contributed by atoms with Gasteiger partial charge in [0.1, 0.15) is 0 Å². The molecule has 1 aromatic heterocycles. The lowest BCUT2D eigenvalue weighted by molar-refractivity contribution is -0.114. The standard InChI is InChI=1S/C8H13N3O/c1-5(2)7-4-8(11-10-7)9-6(3)12/h4-5H,1-3H3,(H2,9,10,11,12). The topological polar surface area (TPSA) is 57.8 Å². The fourth-order valence-corrected chi connectivity index (χ4v) is 0.877. The molecule has 0 fully saturated rings. The minimum absolute atomic E-state index is 0.100. The van der Waals surface area contributed by atoms with Crippen molar-refractivity contribution in [1.29, 1.82) is 0 Å². The van der Waals surface area contributed by atoms with Crippen LogP contribution in [0.3, 0.4) is 0 Å². The van der Waals surface area contributed by atoms with Crippen molar-refractivity contribution >= 4 is 11.7 Å². The summed E-state index contributed by atoms with van der Waals surface area (Å²) >= 11 is 0. The number of carbonyl (C=O) groups is 1. The summed E-state index contributed by atoms with van der Waals surface area (Å²) in [5.74, 6) is 0.892. The van der Waals surface area contributed by atoms with Crippen LogP contribution in [0.15, 0.2) is 6.07 Å². The number of carbonyl (C=O) groups excluding carboxylic acids is 1. The Balaban J connectivity index is 2.70. The van der Waals surface area contributed by atoms with E-state index in [0.717, 1.165) is 5.69 Å². The van der Waals surface area contributed by atoms with Crippen LogP contribution in [-0.2, 0) is 4.79 Å². The molecule has 0 unspecified atom stereocenters. The molecule has 4 nitrogen and oxygen atoms in total. The summed E-state index contributed by atoms with van der Waals surface area (Å²) in [5.41, 5.74) is 1.03. The van der Waals surface area contributed by atoms with Gasteiger partial charge in [0, 0.05) is 18.7 Å². The van der Waals surface area contributed by atoms with Crippen molar-refractivity contribution in [3.63, 3.8) is 0 Å². The molecule has 0 aliphatic carbocycles. The van der Waals surface area contributed by atoms with E-state index in [4.69, 9.17) is 0 Å². The Morgan fingerprint density at radius 3 is 2.75 bits per heavy atom. The molecule has 0 saturated carbocycles. The van der Waals surface area contributed by atoms with Gasteiger partial charge < -0.3 is 5.32 Å². The highest BCUT2D eigenvalue weighted by molar-refractivity contribution is 5.87. The monoisotopic (exact) mass is 167 g/mol. The number of aromatic amines is 1. The summed E-state index contributed by atoms with van der Waals surface area (Å²) in [6, 6.07) is 1.84. The Labute approximate surface area is 71.4 Å². The first-order chi connectivity index (χ1) is 5.59. The van der Waals surface area contributed by atoms with Crippen molar-refractivity contribution < 1.29 is 4.79 Å². The zero-order valence-electron chi connectivity index (χ0n) is 7.51. The summed E-state index contributed by atoms with van der Waals surface area (Å²) in [5, 5.41) is 9.37. The second kappa shape index (κ2) is 3.38. The molecule has 1 amide bonds.